The third kappa shape index (κ3) is 9.76. The van der Waals surface area contributed by atoms with Crippen molar-refractivity contribution in [2.45, 2.75) is 143 Å². The molecular weight excluding hydrogens is 783 g/mol. The number of aliphatic hydroxyl groups excluding tert-OH is 1. The maximum atomic E-state index is 13.2. The number of alkyl carbamates (subject to hydrolysis) is 1. The number of rotatable bonds is 19. The summed E-state index contributed by atoms with van der Waals surface area (Å²) in [6.07, 6.45) is 15.8. The smallest absolute Gasteiger partial charge is 0.407 e. The van der Waals surface area contributed by atoms with Gasteiger partial charge in [0.15, 0.2) is 0 Å². The van der Waals surface area contributed by atoms with Crippen molar-refractivity contribution in [3.8, 4) is 11.5 Å². The molecule has 0 aliphatic heterocycles. The SMILES string of the molecule is CCC(CC(CC)C1CCC2C3CC=C4C[C@H](OC(=O)NCCC(O)CCOC(c5ccccc5)(c5ccc(OC)cc5)c5ccc(OC)cc5)CC[C@@]4(C)C3CC[C@@]12C)C(C)C. The standard InChI is InChI=1S/C56H79NO6/c1-9-39(38(3)4)36-40(10-2)50-26-27-51-49-25-20-44-37-48(28-32-54(44,5)52(49)29-33-55(50,51)6)63-53(59)57-34-30-45(58)31-35-62-56(41-14-12-11-13-15-41,42-16-21-46(60-7)22-17-42)43-18-23-47(61-8)24-19-43/h11-24,38-40,45,48-52,58H,9-10,25-37H2,1-8H3,(H,57,59)/t39?,40?,45?,48-,49?,50?,51?,52?,54-,55+/m1/s1. The molecule has 63 heavy (non-hydrogen) atoms. The van der Waals surface area contributed by atoms with Gasteiger partial charge in [-0.05, 0) is 157 Å². The number of carbonyl (C=O) groups is 1. The summed E-state index contributed by atoms with van der Waals surface area (Å²) in [5, 5.41) is 14.1. The fraction of sp³-hybridized carbons (Fsp3) is 0.625. The number of carbonyl (C=O) groups excluding carboxylic acids is 1. The van der Waals surface area contributed by atoms with Gasteiger partial charge in [-0.1, -0.05) is 121 Å². The molecule has 7 rings (SSSR count). The quantitative estimate of drug-likeness (QED) is 0.0922. The lowest BCUT2D eigenvalue weighted by molar-refractivity contribution is -0.0608. The van der Waals surface area contributed by atoms with Gasteiger partial charge in [-0.3, -0.25) is 0 Å². The van der Waals surface area contributed by atoms with Crippen LogP contribution in [0.1, 0.15) is 142 Å². The van der Waals surface area contributed by atoms with Crippen LogP contribution in [0.15, 0.2) is 90.5 Å². The van der Waals surface area contributed by atoms with Gasteiger partial charge in [-0.2, -0.15) is 0 Å². The van der Waals surface area contributed by atoms with Gasteiger partial charge in [0.2, 0.25) is 0 Å². The van der Waals surface area contributed by atoms with Crippen LogP contribution in [-0.4, -0.2) is 50.8 Å². The molecule has 0 bridgehead atoms. The number of aliphatic hydroxyl groups is 1. The molecule has 0 heterocycles. The predicted molar refractivity (Wildman–Crippen MR) is 254 cm³/mol. The van der Waals surface area contributed by atoms with Gasteiger partial charge in [0.25, 0.3) is 0 Å². The maximum absolute atomic E-state index is 13.2. The van der Waals surface area contributed by atoms with Crippen molar-refractivity contribution in [3.05, 3.63) is 107 Å². The lowest BCUT2D eigenvalue weighted by Gasteiger charge is -2.58. The van der Waals surface area contributed by atoms with Crippen molar-refractivity contribution >= 4 is 6.09 Å². The van der Waals surface area contributed by atoms with Gasteiger partial charge >= 0.3 is 6.09 Å². The molecule has 3 saturated carbocycles. The van der Waals surface area contributed by atoms with E-state index in [-0.39, 0.29) is 24.2 Å². The van der Waals surface area contributed by atoms with E-state index in [0.717, 1.165) is 88.9 Å². The van der Waals surface area contributed by atoms with Crippen molar-refractivity contribution in [1.29, 1.82) is 0 Å². The number of hydrogen-bond acceptors (Lipinski definition) is 6. The molecule has 4 aliphatic rings. The van der Waals surface area contributed by atoms with Gasteiger partial charge < -0.3 is 29.4 Å². The molecular formula is C56H79NO6. The highest BCUT2D eigenvalue weighted by atomic mass is 16.6. The highest BCUT2D eigenvalue weighted by molar-refractivity contribution is 5.67. The van der Waals surface area contributed by atoms with Crippen LogP contribution < -0.4 is 14.8 Å². The van der Waals surface area contributed by atoms with Crippen LogP contribution in [0.5, 0.6) is 11.5 Å². The van der Waals surface area contributed by atoms with Gasteiger partial charge in [-0.15, -0.1) is 0 Å². The van der Waals surface area contributed by atoms with E-state index in [9.17, 15) is 9.90 Å². The van der Waals surface area contributed by atoms with E-state index in [4.69, 9.17) is 18.9 Å². The summed E-state index contributed by atoms with van der Waals surface area (Å²) in [5.41, 5.74) is 4.11. The number of nitrogens with one attached hydrogen (secondary N) is 1. The summed E-state index contributed by atoms with van der Waals surface area (Å²) >= 11 is 0. The Balaban J connectivity index is 0.918. The van der Waals surface area contributed by atoms with Crippen LogP contribution in [0.3, 0.4) is 0 Å². The van der Waals surface area contributed by atoms with Crippen LogP contribution in [0.2, 0.25) is 0 Å². The first kappa shape index (κ1) is 47.2. The number of fused-ring (bicyclic) bond motifs is 5. The minimum Gasteiger partial charge on any atom is -0.497 e. The first-order valence-electron chi connectivity index (χ1n) is 24.7. The van der Waals surface area contributed by atoms with E-state index in [1.54, 1.807) is 14.2 Å². The second kappa shape index (κ2) is 20.6. The summed E-state index contributed by atoms with van der Waals surface area (Å²) in [7, 11) is 3.32. The highest BCUT2D eigenvalue weighted by Gasteiger charge is 2.59. The topological polar surface area (TPSA) is 86.3 Å². The highest BCUT2D eigenvalue weighted by Crippen LogP contribution is 2.68. The van der Waals surface area contributed by atoms with Crippen molar-refractivity contribution < 1.29 is 28.8 Å². The van der Waals surface area contributed by atoms with Crippen LogP contribution in [-0.2, 0) is 15.1 Å². The first-order chi connectivity index (χ1) is 30.4. The van der Waals surface area contributed by atoms with E-state index < -0.39 is 11.7 Å². The lowest BCUT2D eigenvalue weighted by atomic mass is 9.46. The molecule has 7 heteroatoms. The van der Waals surface area contributed by atoms with E-state index in [2.05, 4.69) is 65.1 Å². The zero-order chi connectivity index (χ0) is 44.8. The third-order valence-electron chi connectivity index (χ3n) is 17.3. The Bertz CT molecular complexity index is 1900. The molecule has 7 nitrogen and oxygen atoms in total. The van der Waals surface area contributed by atoms with Crippen LogP contribution in [0.25, 0.3) is 0 Å². The van der Waals surface area contributed by atoms with Gasteiger partial charge in [0.05, 0.1) is 26.9 Å². The Hall–Kier alpha value is -3.81. The second-order valence-corrected chi connectivity index (χ2v) is 20.6. The molecule has 0 radical (unpaired) electrons. The van der Waals surface area contributed by atoms with E-state index >= 15 is 0 Å². The van der Waals surface area contributed by atoms with Gasteiger partial charge in [0, 0.05) is 13.0 Å². The van der Waals surface area contributed by atoms with Gasteiger partial charge in [0.1, 0.15) is 23.2 Å². The summed E-state index contributed by atoms with van der Waals surface area (Å²) in [5.74, 6) is 7.20. The Morgan fingerprint density at radius 3 is 2.06 bits per heavy atom. The molecule has 3 aromatic rings. The number of benzene rings is 3. The number of amides is 1. The van der Waals surface area contributed by atoms with E-state index in [0.29, 0.717) is 24.8 Å². The third-order valence-corrected chi connectivity index (χ3v) is 17.3. The molecule has 0 aromatic heterocycles. The number of allylic oxidation sites excluding steroid dienone is 1. The summed E-state index contributed by atoms with van der Waals surface area (Å²) < 4.78 is 24.0. The number of methoxy groups -OCH3 is 2. The molecule has 344 valence electrons. The lowest BCUT2D eigenvalue weighted by Crippen LogP contribution is -2.51. The van der Waals surface area contributed by atoms with Crippen LogP contribution in [0.4, 0.5) is 4.79 Å². The summed E-state index contributed by atoms with van der Waals surface area (Å²) in [4.78, 5) is 13.2. The van der Waals surface area contributed by atoms with Gasteiger partial charge in [-0.25, -0.2) is 4.79 Å². The van der Waals surface area contributed by atoms with Crippen molar-refractivity contribution in [2.75, 3.05) is 27.4 Å². The Morgan fingerprint density at radius 1 is 0.810 bits per heavy atom. The fourth-order valence-electron chi connectivity index (χ4n) is 13.6. The monoisotopic (exact) mass is 862 g/mol. The molecule has 7 unspecified atom stereocenters. The van der Waals surface area contributed by atoms with Crippen LogP contribution in [0, 0.1) is 52.3 Å². The van der Waals surface area contributed by atoms with Crippen molar-refractivity contribution in [3.63, 3.8) is 0 Å². The molecule has 4 aliphatic carbocycles. The second-order valence-electron chi connectivity index (χ2n) is 20.6. The normalized spacial score (nSPS) is 28.2. The number of hydrogen-bond donors (Lipinski definition) is 2. The van der Waals surface area contributed by atoms with Crippen molar-refractivity contribution in [1.82, 2.24) is 5.32 Å². The molecule has 2 N–H and O–H groups in total. The fourth-order valence-corrected chi connectivity index (χ4v) is 13.6. The number of ether oxygens (including phenoxy) is 4. The average Bonchev–Trinajstić information content (AvgIpc) is 3.65. The minimum absolute atomic E-state index is 0.108. The molecule has 10 atom stereocenters. The maximum Gasteiger partial charge on any atom is 0.407 e. The minimum atomic E-state index is -0.951. The first-order valence-corrected chi connectivity index (χ1v) is 24.7. The average molecular weight is 862 g/mol. The van der Waals surface area contributed by atoms with Crippen LogP contribution >= 0.6 is 0 Å². The zero-order valence-corrected chi connectivity index (χ0v) is 39.9. The van der Waals surface area contributed by atoms with E-state index in [1.807, 2.05) is 66.7 Å². The molecule has 1 amide bonds. The summed E-state index contributed by atoms with van der Waals surface area (Å²) in [6, 6.07) is 26.1. The molecule has 3 aromatic carbocycles. The Labute approximate surface area is 380 Å². The predicted octanol–water partition coefficient (Wildman–Crippen LogP) is 12.9. The molecule has 3 fully saturated rings. The largest absolute Gasteiger partial charge is 0.497 e. The van der Waals surface area contributed by atoms with E-state index in [1.165, 1.54) is 56.9 Å². The Kier molecular flexibility index (Phi) is 15.4. The zero-order valence-electron chi connectivity index (χ0n) is 39.9. The van der Waals surface area contributed by atoms with Crippen molar-refractivity contribution in [2.24, 2.45) is 52.3 Å². The Morgan fingerprint density at radius 2 is 1.46 bits per heavy atom. The summed E-state index contributed by atoms with van der Waals surface area (Å²) in [6.45, 7) is 15.6. The molecule has 0 spiro atoms. The molecule has 0 saturated heterocycles.